The van der Waals surface area contributed by atoms with Gasteiger partial charge in [0.05, 0.1) is 0 Å². The van der Waals surface area contributed by atoms with Crippen LogP contribution in [-0.2, 0) is 19.6 Å². The molecule has 1 rings (SSSR count). The smallest absolute Gasteiger partial charge is 0.247 e. The Bertz CT molecular complexity index is 573. The topological polar surface area (TPSA) is 66.0 Å². The molecular weight excluding hydrogens is 306 g/mol. The van der Waals surface area contributed by atoms with E-state index in [4.69, 9.17) is 0 Å². The van der Waals surface area contributed by atoms with Crippen molar-refractivity contribution in [2.24, 2.45) is 17.8 Å². The minimum atomic E-state index is -0.467. The van der Waals surface area contributed by atoms with E-state index < -0.39 is 17.1 Å². The van der Waals surface area contributed by atoms with Crippen LogP contribution in [0.15, 0.2) is 14.4 Å². The molecule has 138 valence electrons. The molecule has 0 aromatic carbocycles. The molecular formula is C18H33N3O3. The maximum absolute atomic E-state index is 12.7. The minimum absolute atomic E-state index is 0.210. The molecule has 1 heterocycles. The second-order valence-electron chi connectivity index (χ2n) is 7.22. The van der Waals surface area contributed by atoms with Crippen molar-refractivity contribution >= 4 is 0 Å². The highest BCUT2D eigenvalue weighted by Gasteiger charge is 2.18. The molecule has 1 aromatic rings. The molecule has 0 bridgehead atoms. The van der Waals surface area contributed by atoms with Gasteiger partial charge < -0.3 is 0 Å². The zero-order valence-corrected chi connectivity index (χ0v) is 16.0. The van der Waals surface area contributed by atoms with Crippen LogP contribution in [0.25, 0.3) is 0 Å². The molecule has 0 saturated heterocycles. The fourth-order valence-corrected chi connectivity index (χ4v) is 2.47. The van der Waals surface area contributed by atoms with Crippen molar-refractivity contribution in [1.82, 2.24) is 13.7 Å². The molecule has 1 aromatic heterocycles. The van der Waals surface area contributed by atoms with Crippen molar-refractivity contribution in [1.29, 1.82) is 0 Å². The van der Waals surface area contributed by atoms with Crippen LogP contribution >= 0.6 is 0 Å². The first-order valence-corrected chi connectivity index (χ1v) is 9.21. The van der Waals surface area contributed by atoms with Crippen molar-refractivity contribution in [3.05, 3.63) is 31.5 Å². The normalized spacial score (nSPS) is 15.2. The number of hydrogen-bond acceptors (Lipinski definition) is 3. The van der Waals surface area contributed by atoms with E-state index in [0.29, 0.717) is 19.6 Å². The quantitative estimate of drug-likeness (QED) is 0.693. The first kappa shape index (κ1) is 20.5. The minimum Gasteiger partial charge on any atom is -0.247 e. The predicted molar refractivity (Wildman–Crippen MR) is 97.6 cm³/mol. The van der Waals surface area contributed by atoms with Crippen LogP contribution in [0.5, 0.6) is 0 Å². The molecule has 24 heavy (non-hydrogen) atoms. The van der Waals surface area contributed by atoms with Crippen LogP contribution in [0.1, 0.15) is 60.8 Å². The number of hydrogen-bond donors (Lipinski definition) is 0. The fourth-order valence-electron chi connectivity index (χ4n) is 2.47. The average Bonchev–Trinajstić information content (AvgIpc) is 2.58. The Kier molecular flexibility index (Phi) is 7.70. The van der Waals surface area contributed by atoms with Crippen LogP contribution in [0.4, 0.5) is 0 Å². The molecule has 0 radical (unpaired) electrons. The SMILES string of the molecule is CCC(C)Cn1c(=O)n(CC(C)CC)c(=O)n(CC(C)CC)c1=O. The van der Waals surface area contributed by atoms with Gasteiger partial charge in [0.1, 0.15) is 0 Å². The highest BCUT2D eigenvalue weighted by atomic mass is 16.2. The Morgan fingerprint density at radius 2 is 0.792 bits per heavy atom. The Morgan fingerprint density at radius 3 is 0.958 bits per heavy atom. The summed E-state index contributed by atoms with van der Waals surface area (Å²) in [6.45, 7) is 13.2. The zero-order chi connectivity index (χ0) is 18.4. The molecule has 0 aliphatic carbocycles. The molecule has 0 amide bonds. The maximum atomic E-state index is 12.7. The van der Waals surface area contributed by atoms with E-state index in [0.717, 1.165) is 19.3 Å². The third-order valence-corrected chi connectivity index (χ3v) is 4.96. The highest BCUT2D eigenvalue weighted by molar-refractivity contribution is 4.81. The van der Waals surface area contributed by atoms with Crippen LogP contribution in [0, 0.1) is 17.8 Å². The van der Waals surface area contributed by atoms with Crippen LogP contribution in [0.3, 0.4) is 0 Å². The van der Waals surface area contributed by atoms with Gasteiger partial charge in [-0.25, -0.2) is 28.1 Å². The van der Waals surface area contributed by atoms with E-state index >= 15 is 0 Å². The predicted octanol–water partition coefficient (Wildman–Crippen LogP) is 2.31. The third kappa shape index (κ3) is 4.71. The van der Waals surface area contributed by atoms with Gasteiger partial charge >= 0.3 is 17.1 Å². The molecule has 6 nitrogen and oxygen atoms in total. The second kappa shape index (κ2) is 9.04. The van der Waals surface area contributed by atoms with Crippen molar-refractivity contribution in [2.45, 2.75) is 80.4 Å². The van der Waals surface area contributed by atoms with Gasteiger partial charge in [0.2, 0.25) is 0 Å². The van der Waals surface area contributed by atoms with Crippen LogP contribution in [0.2, 0.25) is 0 Å². The lowest BCUT2D eigenvalue weighted by Gasteiger charge is -2.19. The van der Waals surface area contributed by atoms with Crippen molar-refractivity contribution < 1.29 is 0 Å². The van der Waals surface area contributed by atoms with E-state index in [2.05, 4.69) is 0 Å². The summed E-state index contributed by atoms with van der Waals surface area (Å²) >= 11 is 0. The molecule has 0 saturated carbocycles. The van der Waals surface area contributed by atoms with Crippen LogP contribution < -0.4 is 17.1 Å². The summed E-state index contributed by atoms with van der Waals surface area (Å²) in [6, 6.07) is 0. The monoisotopic (exact) mass is 339 g/mol. The highest BCUT2D eigenvalue weighted by Crippen LogP contribution is 2.04. The summed E-state index contributed by atoms with van der Waals surface area (Å²) in [6.07, 6.45) is 2.63. The Hall–Kier alpha value is -1.59. The first-order valence-electron chi connectivity index (χ1n) is 9.21. The van der Waals surface area contributed by atoms with E-state index in [9.17, 15) is 14.4 Å². The van der Waals surface area contributed by atoms with Gasteiger partial charge in [0.15, 0.2) is 0 Å². The summed E-state index contributed by atoms with van der Waals surface area (Å²) in [4.78, 5) is 38.2. The summed E-state index contributed by atoms with van der Waals surface area (Å²) < 4.78 is 3.75. The standard InChI is InChI=1S/C18H33N3O3/c1-7-13(4)10-19-16(22)20(11-14(5)8-2)18(24)21(17(19)23)12-15(6)9-3/h13-15H,7-12H2,1-6H3. The van der Waals surface area contributed by atoms with Crippen molar-refractivity contribution in [3.63, 3.8) is 0 Å². The van der Waals surface area contributed by atoms with Gasteiger partial charge in [-0.2, -0.15) is 0 Å². The lowest BCUT2D eigenvalue weighted by atomic mass is 10.1. The molecule has 0 N–H and O–H groups in total. The molecule has 0 spiro atoms. The van der Waals surface area contributed by atoms with Gasteiger partial charge in [0, 0.05) is 19.6 Å². The summed E-state index contributed by atoms with van der Waals surface area (Å²) in [7, 11) is 0. The molecule has 0 fully saturated rings. The summed E-state index contributed by atoms with van der Waals surface area (Å²) in [5.74, 6) is 0.631. The lowest BCUT2D eigenvalue weighted by Crippen LogP contribution is -2.55. The number of nitrogens with zero attached hydrogens (tertiary/aromatic N) is 3. The van der Waals surface area contributed by atoms with E-state index in [-0.39, 0.29) is 17.8 Å². The summed E-state index contributed by atoms with van der Waals surface area (Å²) in [5.41, 5.74) is -1.40. The second-order valence-corrected chi connectivity index (χ2v) is 7.22. The van der Waals surface area contributed by atoms with E-state index in [1.54, 1.807) is 0 Å². The molecule has 0 aliphatic heterocycles. The fraction of sp³-hybridized carbons (Fsp3) is 0.833. The maximum Gasteiger partial charge on any atom is 0.336 e. The van der Waals surface area contributed by atoms with Gasteiger partial charge in [0.25, 0.3) is 0 Å². The van der Waals surface area contributed by atoms with Crippen molar-refractivity contribution in [3.8, 4) is 0 Å². The number of aromatic nitrogens is 3. The lowest BCUT2D eigenvalue weighted by molar-refractivity contribution is 0.342. The molecule has 3 unspecified atom stereocenters. The largest absolute Gasteiger partial charge is 0.336 e. The van der Waals surface area contributed by atoms with Crippen LogP contribution in [-0.4, -0.2) is 13.7 Å². The van der Waals surface area contributed by atoms with Gasteiger partial charge in [-0.15, -0.1) is 0 Å². The van der Waals surface area contributed by atoms with Gasteiger partial charge in [-0.3, -0.25) is 0 Å². The molecule has 0 aliphatic rings. The molecule has 3 atom stereocenters. The first-order chi connectivity index (χ1) is 11.3. The van der Waals surface area contributed by atoms with E-state index in [1.807, 2.05) is 41.5 Å². The Balaban J connectivity index is 3.55. The zero-order valence-electron chi connectivity index (χ0n) is 16.0. The van der Waals surface area contributed by atoms with E-state index in [1.165, 1.54) is 13.7 Å². The molecule has 6 heteroatoms. The van der Waals surface area contributed by atoms with Gasteiger partial charge in [-0.05, 0) is 17.8 Å². The third-order valence-electron chi connectivity index (χ3n) is 4.96. The Morgan fingerprint density at radius 1 is 0.583 bits per heavy atom. The van der Waals surface area contributed by atoms with Gasteiger partial charge in [-0.1, -0.05) is 60.8 Å². The number of rotatable bonds is 9. The van der Waals surface area contributed by atoms with Crippen molar-refractivity contribution in [2.75, 3.05) is 0 Å². The Labute approximate surface area is 144 Å². The summed E-state index contributed by atoms with van der Waals surface area (Å²) in [5, 5.41) is 0. The average molecular weight is 339 g/mol.